The third-order valence-electron chi connectivity index (χ3n) is 4.70. The first kappa shape index (κ1) is 18.9. The second-order valence-electron chi connectivity index (χ2n) is 6.64. The SMILES string of the molecule is CCCc1ccc(C(=O)C(C#N)=Cc2ccc(N3CCOCC3)cc2)cc1. The molecule has 0 aliphatic carbocycles. The second-order valence-corrected chi connectivity index (χ2v) is 6.64. The van der Waals surface area contributed by atoms with Crippen LogP contribution in [0.2, 0.25) is 0 Å². The Morgan fingerprint density at radius 3 is 2.37 bits per heavy atom. The standard InChI is InChI=1S/C23H24N2O2/c1-2-3-18-4-8-20(9-5-18)23(26)21(17-24)16-19-6-10-22(11-7-19)25-12-14-27-15-13-25/h4-11,16H,2-3,12-15H2,1H3. The van der Waals surface area contributed by atoms with Gasteiger partial charge >= 0.3 is 0 Å². The highest BCUT2D eigenvalue weighted by atomic mass is 16.5. The monoisotopic (exact) mass is 360 g/mol. The van der Waals surface area contributed by atoms with Gasteiger partial charge in [-0.25, -0.2) is 0 Å². The average Bonchev–Trinajstić information content (AvgIpc) is 2.73. The minimum absolute atomic E-state index is 0.150. The number of aryl methyl sites for hydroxylation is 1. The van der Waals surface area contributed by atoms with Crippen LogP contribution in [0.1, 0.15) is 34.8 Å². The van der Waals surface area contributed by atoms with E-state index in [0.29, 0.717) is 5.56 Å². The lowest BCUT2D eigenvalue weighted by Crippen LogP contribution is -2.36. The van der Waals surface area contributed by atoms with Crippen molar-refractivity contribution < 1.29 is 9.53 Å². The molecule has 27 heavy (non-hydrogen) atoms. The van der Waals surface area contributed by atoms with Crippen LogP contribution in [0.4, 0.5) is 5.69 Å². The number of anilines is 1. The van der Waals surface area contributed by atoms with Gasteiger partial charge in [0.05, 0.1) is 13.2 Å². The van der Waals surface area contributed by atoms with E-state index in [0.717, 1.165) is 50.4 Å². The third kappa shape index (κ3) is 4.84. The lowest BCUT2D eigenvalue weighted by atomic mass is 10.00. The molecule has 1 aliphatic heterocycles. The molecule has 0 radical (unpaired) electrons. The molecule has 138 valence electrons. The van der Waals surface area contributed by atoms with Gasteiger partial charge in [-0.3, -0.25) is 4.79 Å². The second kappa shape index (κ2) is 9.16. The highest BCUT2D eigenvalue weighted by molar-refractivity contribution is 6.14. The molecule has 2 aromatic rings. The number of carbonyl (C=O) groups excluding carboxylic acids is 1. The first-order valence-electron chi connectivity index (χ1n) is 9.39. The number of allylic oxidation sites excluding steroid dienone is 1. The fraction of sp³-hybridized carbons (Fsp3) is 0.304. The molecule has 1 saturated heterocycles. The van der Waals surface area contributed by atoms with E-state index >= 15 is 0 Å². The van der Waals surface area contributed by atoms with Gasteiger partial charge in [0.2, 0.25) is 5.78 Å². The van der Waals surface area contributed by atoms with Crippen molar-refractivity contribution in [1.82, 2.24) is 0 Å². The van der Waals surface area contributed by atoms with Crippen molar-refractivity contribution in [3.63, 3.8) is 0 Å². The van der Waals surface area contributed by atoms with E-state index in [1.165, 1.54) is 5.56 Å². The summed E-state index contributed by atoms with van der Waals surface area (Å²) >= 11 is 0. The van der Waals surface area contributed by atoms with Gasteiger partial charge < -0.3 is 9.64 Å². The molecular weight excluding hydrogens is 336 g/mol. The van der Waals surface area contributed by atoms with Gasteiger partial charge in [0.15, 0.2) is 0 Å². The predicted octanol–water partition coefficient (Wildman–Crippen LogP) is 4.27. The number of rotatable bonds is 6. The summed E-state index contributed by atoms with van der Waals surface area (Å²) < 4.78 is 5.38. The lowest BCUT2D eigenvalue weighted by Gasteiger charge is -2.28. The molecule has 0 saturated carbocycles. The summed E-state index contributed by atoms with van der Waals surface area (Å²) in [7, 11) is 0. The van der Waals surface area contributed by atoms with E-state index in [-0.39, 0.29) is 11.4 Å². The summed E-state index contributed by atoms with van der Waals surface area (Å²) in [6.07, 6.45) is 3.72. The Morgan fingerprint density at radius 1 is 1.11 bits per heavy atom. The van der Waals surface area contributed by atoms with Gasteiger partial charge in [0.1, 0.15) is 11.6 Å². The van der Waals surface area contributed by atoms with Crippen molar-refractivity contribution in [1.29, 1.82) is 5.26 Å². The maximum Gasteiger partial charge on any atom is 0.203 e. The molecule has 0 unspecified atom stereocenters. The molecule has 1 fully saturated rings. The van der Waals surface area contributed by atoms with E-state index in [9.17, 15) is 10.1 Å². The lowest BCUT2D eigenvalue weighted by molar-refractivity contribution is 0.104. The van der Waals surface area contributed by atoms with Crippen LogP contribution in [-0.4, -0.2) is 32.1 Å². The third-order valence-corrected chi connectivity index (χ3v) is 4.70. The van der Waals surface area contributed by atoms with Crippen molar-refractivity contribution in [3.8, 4) is 6.07 Å². The van der Waals surface area contributed by atoms with Gasteiger partial charge in [0.25, 0.3) is 0 Å². The van der Waals surface area contributed by atoms with Crippen LogP contribution in [0.5, 0.6) is 0 Å². The minimum Gasteiger partial charge on any atom is -0.378 e. The zero-order chi connectivity index (χ0) is 19.1. The molecule has 4 heteroatoms. The molecule has 0 spiro atoms. The molecule has 3 rings (SSSR count). The van der Waals surface area contributed by atoms with Gasteiger partial charge in [-0.15, -0.1) is 0 Å². The topological polar surface area (TPSA) is 53.3 Å². The van der Waals surface area contributed by atoms with Crippen molar-refractivity contribution in [2.24, 2.45) is 0 Å². The smallest absolute Gasteiger partial charge is 0.203 e. The summed E-state index contributed by atoms with van der Waals surface area (Å²) in [5, 5.41) is 9.46. The Bertz CT molecular complexity index is 839. The average molecular weight is 360 g/mol. The first-order chi connectivity index (χ1) is 13.2. The van der Waals surface area contributed by atoms with Gasteiger partial charge in [0, 0.05) is 24.3 Å². The molecule has 0 bridgehead atoms. The van der Waals surface area contributed by atoms with Crippen LogP contribution in [-0.2, 0) is 11.2 Å². The summed E-state index contributed by atoms with van der Waals surface area (Å²) in [6, 6.07) is 17.5. The normalized spacial score (nSPS) is 14.7. The number of nitrogens with zero attached hydrogens (tertiary/aromatic N) is 2. The molecular formula is C23H24N2O2. The van der Waals surface area contributed by atoms with Gasteiger partial charge in [-0.2, -0.15) is 5.26 Å². The molecule has 4 nitrogen and oxygen atoms in total. The molecule has 0 N–H and O–H groups in total. The summed E-state index contributed by atoms with van der Waals surface area (Å²) in [5.41, 5.74) is 3.88. The van der Waals surface area contributed by atoms with E-state index in [1.54, 1.807) is 18.2 Å². The van der Waals surface area contributed by atoms with Crippen molar-refractivity contribution in [3.05, 3.63) is 70.8 Å². The minimum atomic E-state index is -0.238. The Labute approximate surface area is 160 Å². The largest absolute Gasteiger partial charge is 0.378 e. The number of Topliss-reactive ketones (excluding diaryl/α,β-unsaturated/α-hetero) is 1. The number of benzene rings is 2. The Hall–Kier alpha value is -2.90. The Kier molecular flexibility index (Phi) is 6.40. The number of hydrogen-bond acceptors (Lipinski definition) is 4. The van der Waals surface area contributed by atoms with E-state index in [1.807, 2.05) is 36.4 Å². The fourth-order valence-corrected chi connectivity index (χ4v) is 3.19. The predicted molar refractivity (Wildman–Crippen MR) is 108 cm³/mol. The highest BCUT2D eigenvalue weighted by Crippen LogP contribution is 2.19. The number of carbonyl (C=O) groups is 1. The molecule has 1 heterocycles. The number of ether oxygens (including phenoxy) is 1. The zero-order valence-electron chi connectivity index (χ0n) is 15.6. The first-order valence-corrected chi connectivity index (χ1v) is 9.39. The van der Waals surface area contributed by atoms with Gasteiger partial charge in [-0.05, 0) is 35.8 Å². The van der Waals surface area contributed by atoms with Crippen LogP contribution in [0.25, 0.3) is 6.08 Å². The Balaban J connectivity index is 1.75. The van der Waals surface area contributed by atoms with Crippen LogP contribution in [0, 0.1) is 11.3 Å². The maximum absolute atomic E-state index is 12.7. The summed E-state index contributed by atoms with van der Waals surface area (Å²) in [6.45, 7) is 5.37. The number of nitriles is 1. The number of ketones is 1. The molecule has 0 aromatic heterocycles. The van der Waals surface area contributed by atoms with E-state index < -0.39 is 0 Å². The van der Waals surface area contributed by atoms with Crippen molar-refractivity contribution in [2.75, 3.05) is 31.2 Å². The molecule has 1 aliphatic rings. The van der Waals surface area contributed by atoms with Crippen molar-refractivity contribution in [2.45, 2.75) is 19.8 Å². The van der Waals surface area contributed by atoms with Crippen LogP contribution < -0.4 is 4.90 Å². The van der Waals surface area contributed by atoms with Crippen molar-refractivity contribution >= 4 is 17.5 Å². The Morgan fingerprint density at radius 2 is 1.78 bits per heavy atom. The van der Waals surface area contributed by atoms with Crippen LogP contribution in [0.15, 0.2) is 54.1 Å². The van der Waals surface area contributed by atoms with E-state index in [4.69, 9.17) is 4.74 Å². The van der Waals surface area contributed by atoms with Gasteiger partial charge in [-0.1, -0.05) is 49.7 Å². The summed E-state index contributed by atoms with van der Waals surface area (Å²) in [5.74, 6) is -0.238. The quantitative estimate of drug-likeness (QED) is 0.439. The highest BCUT2D eigenvalue weighted by Gasteiger charge is 2.13. The zero-order valence-corrected chi connectivity index (χ0v) is 15.6. The number of morpholine rings is 1. The molecule has 0 amide bonds. The molecule has 0 atom stereocenters. The van der Waals surface area contributed by atoms with E-state index in [2.05, 4.69) is 17.9 Å². The number of hydrogen-bond donors (Lipinski definition) is 0. The van der Waals surface area contributed by atoms with Crippen LogP contribution >= 0.6 is 0 Å². The fourth-order valence-electron chi connectivity index (χ4n) is 3.19. The molecule has 2 aromatic carbocycles. The summed E-state index contributed by atoms with van der Waals surface area (Å²) in [4.78, 5) is 14.9. The van der Waals surface area contributed by atoms with Crippen LogP contribution in [0.3, 0.4) is 0 Å². The maximum atomic E-state index is 12.7.